The molecule has 0 fully saturated rings. The molecule has 1 unspecified atom stereocenters. The first-order valence-electron chi connectivity index (χ1n) is 28.1. The lowest BCUT2D eigenvalue weighted by Crippen LogP contribution is -2.17. The van der Waals surface area contributed by atoms with Crippen LogP contribution in [-0.4, -0.2) is 0 Å². The maximum atomic E-state index is 17.0. The van der Waals surface area contributed by atoms with E-state index in [0.29, 0.717) is 11.1 Å². The number of rotatable bonds is 10. The molecule has 0 N–H and O–H groups in total. The molecular weight excluding hydrogens is 1020 g/mol. The molecule has 0 saturated carbocycles. The fourth-order valence-corrected chi connectivity index (χ4v) is 14.6. The first kappa shape index (κ1) is 49.3. The molecule has 15 rings (SSSR count). The summed E-state index contributed by atoms with van der Waals surface area (Å²) in [5.74, 6) is -0.867. The average molecular weight is 1070 g/mol. The molecule has 1 aliphatic rings. The zero-order chi connectivity index (χ0) is 55.1. The summed E-state index contributed by atoms with van der Waals surface area (Å²) < 4.78 is 36.2. The van der Waals surface area contributed by atoms with Crippen LogP contribution in [-0.2, 0) is 5.41 Å². The number of hydrogen-bond acceptors (Lipinski definition) is 2. The molecule has 1 heterocycles. The zero-order valence-corrected chi connectivity index (χ0v) is 46.1. The molecule has 0 amide bonds. The van der Waals surface area contributed by atoms with Gasteiger partial charge in [0.1, 0.15) is 11.6 Å². The molecule has 0 aliphatic heterocycles. The fraction of sp³-hybridized carbons (Fsp3) is 0.0513. The summed E-state index contributed by atoms with van der Waals surface area (Å²) in [7, 11) is 0. The highest BCUT2D eigenvalue weighted by Gasteiger charge is 2.42. The van der Waals surface area contributed by atoms with Crippen LogP contribution in [0.15, 0.2) is 279 Å². The van der Waals surface area contributed by atoms with Crippen LogP contribution in [0.5, 0.6) is 0 Å². The highest BCUT2D eigenvalue weighted by Crippen LogP contribution is 2.60. The van der Waals surface area contributed by atoms with Gasteiger partial charge in [-0.3, -0.25) is 0 Å². The lowest BCUT2D eigenvalue weighted by Gasteiger charge is -2.28. The number of hydrogen-bond donors (Lipinski definition) is 0. The number of thiophene rings is 1. The van der Waals surface area contributed by atoms with E-state index in [1.807, 2.05) is 96.3 Å². The predicted molar refractivity (Wildman–Crippen MR) is 342 cm³/mol. The van der Waals surface area contributed by atoms with Gasteiger partial charge in [0, 0.05) is 65.3 Å². The molecular formula is C78H53F2NS. The molecule has 1 aromatic heterocycles. The second-order valence-corrected chi connectivity index (χ2v) is 23.2. The summed E-state index contributed by atoms with van der Waals surface area (Å²) in [5, 5.41) is 7.01. The average Bonchev–Trinajstić information content (AvgIpc) is 1.77. The van der Waals surface area contributed by atoms with Crippen molar-refractivity contribution in [1.82, 2.24) is 0 Å². The Morgan fingerprint density at radius 3 is 1.54 bits per heavy atom. The molecule has 0 radical (unpaired) electrons. The third-order valence-corrected chi connectivity index (χ3v) is 18.2. The van der Waals surface area contributed by atoms with Gasteiger partial charge in [0.05, 0.1) is 0 Å². The number of halogens is 2. The van der Waals surface area contributed by atoms with Gasteiger partial charge in [-0.2, -0.15) is 0 Å². The third-order valence-electron chi connectivity index (χ3n) is 17.1. The van der Waals surface area contributed by atoms with Gasteiger partial charge in [-0.05, 0) is 143 Å². The van der Waals surface area contributed by atoms with Crippen LogP contribution >= 0.6 is 11.3 Å². The predicted octanol–water partition coefficient (Wildman–Crippen LogP) is 22.3. The number of benzene rings is 13. The first-order chi connectivity index (χ1) is 40.3. The minimum absolute atomic E-state index is 0.248. The van der Waals surface area contributed by atoms with Crippen molar-refractivity contribution in [2.45, 2.75) is 25.2 Å². The second-order valence-electron chi connectivity index (χ2n) is 22.2. The van der Waals surface area contributed by atoms with E-state index < -0.39 is 5.41 Å². The van der Waals surface area contributed by atoms with E-state index in [-0.39, 0.29) is 17.6 Å². The Morgan fingerprint density at radius 1 is 0.366 bits per heavy atom. The number of fused-ring (bicyclic) bond motifs is 12. The number of anilines is 3. The van der Waals surface area contributed by atoms with Crippen molar-refractivity contribution in [2.75, 3.05) is 4.90 Å². The fourth-order valence-electron chi connectivity index (χ4n) is 13.3. The van der Waals surface area contributed by atoms with Crippen molar-refractivity contribution < 1.29 is 8.78 Å². The Hall–Kier alpha value is -9.74. The van der Waals surface area contributed by atoms with Gasteiger partial charge in [0.2, 0.25) is 0 Å². The molecule has 1 atom stereocenters. The van der Waals surface area contributed by atoms with Gasteiger partial charge in [-0.25, -0.2) is 8.78 Å². The molecule has 0 spiro atoms. The summed E-state index contributed by atoms with van der Waals surface area (Å²) in [5.41, 5.74) is 17.5. The highest BCUT2D eigenvalue weighted by molar-refractivity contribution is 7.26. The van der Waals surface area contributed by atoms with E-state index in [1.54, 1.807) is 12.1 Å². The Bertz CT molecular complexity index is 4800. The summed E-state index contributed by atoms with van der Waals surface area (Å²) in [6.07, 6.45) is 0. The molecule has 14 aromatic rings. The minimum Gasteiger partial charge on any atom is -0.310 e. The van der Waals surface area contributed by atoms with E-state index in [9.17, 15) is 0 Å². The van der Waals surface area contributed by atoms with Crippen molar-refractivity contribution in [3.05, 3.63) is 319 Å². The standard InChI is InChI=1S/C78H53F2NS/c1-78(2)68-48-67(72(55-31-19-29-53(43-55)49-21-7-3-8-22-49)56-37-40-60(69(79)45-56)51-25-11-5-12-26-51)73-65-35-17-18-36-71(65)82-77(73)75(68)74-63-34-16-15-33-62(63)66-46-58(39-42-64(66)76(74)78)81(57-32-20-30-54(44-57)50-23-9-4-10-24-50)59-38-41-61(70(80)47-59)52-27-13-6-14-28-52/h3-48,72H,1-2H3. The Morgan fingerprint density at radius 2 is 0.878 bits per heavy atom. The van der Waals surface area contributed by atoms with Crippen LogP contribution in [0.25, 0.3) is 97.4 Å². The second kappa shape index (κ2) is 19.8. The normalized spacial score (nSPS) is 12.9. The maximum Gasteiger partial charge on any atom is 0.133 e. The summed E-state index contributed by atoms with van der Waals surface area (Å²) in [4.78, 5) is 2.20. The maximum absolute atomic E-state index is 17.0. The molecule has 4 heteroatoms. The van der Waals surface area contributed by atoms with Crippen molar-refractivity contribution in [2.24, 2.45) is 0 Å². The third kappa shape index (κ3) is 8.16. The Labute approximate surface area is 480 Å². The lowest BCUT2D eigenvalue weighted by molar-refractivity contribution is 0.628. The van der Waals surface area contributed by atoms with Gasteiger partial charge in [-0.1, -0.05) is 238 Å². The molecule has 390 valence electrons. The van der Waals surface area contributed by atoms with Crippen molar-refractivity contribution in [3.8, 4) is 55.6 Å². The molecule has 0 bridgehead atoms. The van der Waals surface area contributed by atoms with Crippen LogP contribution < -0.4 is 4.90 Å². The van der Waals surface area contributed by atoms with Crippen LogP contribution in [0.1, 0.15) is 47.6 Å². The van der Waals surface area contributed by atoms with Crippen LogP contribution in [0.4, 0.5) is 25.8 Å². The number of nitrogens with zero attached hydrogens (tertiary/aromatic N) is 1. The smallest absolute Gasteiger partial charge is 0.133 e. The highest BCUT2D eigenvalue weighted by atomic mass is 32.1. The van der Waals surface area contributed by atoms with E-state index in [0.717, 1.165) is 77.9 Å². The van der Waals surface area contributed by atoms with Crippen LogP contribution in [0.2, 0.25) is 0 Å². The summed E-state index contributed by atoms with van der Waals surface area (Å²) in [6.45, 7) is 4.78. The van der Waals surface area contributed by atoms with E-state index in [1.165, 1.54) is 53.2 Å². The molecule has 1 aliphatic carbocycles. The Kier molecular flexibility index (Phi) is 11.9. The molecule has 1 nitrogen and oxygen atoms in total. The summed E-state index contributed by atoms with van der Waals surface area (Å²) in [6, 6.07) is 96.5. The SMILES string of the molecule is CC1(C)c2cc(C(c3cccc(-c4ccccc4)c3)c3ccc(-c4ccccc4)c(F)c3)c3c(sc4ccccc43)c2-c2c1c1ccc(N(c3cccc(-c4ccccc4)c3)c3ccc(-c4ccccc4)c(F)c3)cc1c1ccccc21. The van der Waals surface area contributed by atoms with Crippen LogP contribution in [0, 0.1) is 11.6 Å². The van der Waals surface area contributed by atoms with E-state index in [4.69, 9.17) is 0 Å². The van der Waals surface area contributed by atoms with Gasteiger partial charge in [0.25, 0.3) is 0 Å². The van der Waals surface area contributed by atoms with Gasteiger partial charge >= 0.3 is 0 Å². The van der Waals surface area contributed by atoms with E-state index in [2.05, 4.69) is 201 Å². The largest absolute Gasteiger partial charge is 0.310 e. The summed E-state index contributed by atoms with van der Waals surface area (Å²) >= 11 is 1.86. The monoisotopic (exact) mass is 1070 g/mol. The van der Waals surface area contributed by atoms with Crippen molar-refractivity contribution in [1.29, 1.82) is 0 Å². The van der Waals surface area contributed by atoms with Crippen molar-refractivity contribution >= 4 is 70.1 Å². The van der Waals surface area contributed by atoms with Gasteiger partial charge in [0.15, 0.2) is 0 Å². The van der Waals surface area contributed by atoms with Crippen LogP contribution in [0.3, 0.4) is 0 Å². The minimum atomic E-state index is -0.494. The van der Waals surface area contributed by atoms with Gasteiger partial charge in [-0.15, -0.1) is 11.3 Å². The zero-order valence-electron chi connectivity index (χ0n) is 45.2. The van der Waals surface area contributed by atoms with Crippen molar-refractivity contribution in [3.63, 3.8) is 0 Å². The molecule has 82 heavy (non-hydrogen) atoms. The Balaban J connectivity index is 0.963. The topological polar surface area (TPSA) is 3.24 Å². The van der Waals surface area contributed by atoms with Gasteiger partial charge < -0.3 is 4.90 Å². The lowest BCUT2D eigenvalue weighted by atomic mass is 9.76. The van der Waals surface area contributed by atoms with E-state index >= 15 is 8.78 Å². The quantitative estimate of drug-likeness (QED) is 0.0974. The first-order valence-corrected chi connectivity index (χ1v) is 28.9. The molecule has 0 saturated heterocycles. The molecule has 13 aromatic carbocycles.